The van der Waals surface area contributed by atoms with E-state index in [9.17, 15) is 0 Å². The van der Waals surface area contributed by atoms with E-state index < -0.39 is 0 Å². The number of hydrogen-bond donors (Lipinski definition) is 0. The van der Waals surface area contributed by atoms with Crippen LogP contribution >= 0.6 is 12.2 Å². The molecule has 0 saturated heterocycles. The summed E-state index contributed by atoms with van der Waals surface area (Å²) in [6.07, 6.45) is 5.68. The third-order valence-corrected chi connectivity index (χ3v) is 3.12. The maximum atomic E-state index is 5.15. The summed E-state index contributed by atoms with van der Waals surface area (Å²) in [5.41, 5.74) is 0. The van der Waals surface area contributed by atoms with E-state index in [1.807, 2.05) is 0 Å². The van der Waals surface area contributed by atoms with Crippen LogP contribution in [-0.2, 0) is 0 Å². The zero-order valence-electron chi connectivity index (χ0n) is 6.89. The van der Waals surface area contributed by atoms with Crippen molar-refractivity contribution in [1.82, 2.24) is 0 Å². The lowest BCUT2D eigenvalue weighted by molar-refractivity contribution is 0.459. The topological polar surface area (TPSA) is 0 Å². The maximum Gasteiger partial charge on any atom is -0.00716 e. The van der Waals surface area contributed by atoms with E-state index in [1.54, 1.807) is 0 Å². The minimum Gasteiger partial charge on any atom is -0.0897 e. The van der Waals surface area contributed by atoms with E-state index in [4.69, 9.17) is 12.2 Å². The fourth-order valence-electron chi connectivity index (χ4n) is 1.79. The highest BCUT2D eigenvalue weighted by molar-refractivity contribution is 7.80. The van der Waals surface area contributed by atoms with Gasteiger partial charge in [0.15, 0.2) is 0 Å². The zero-order chi connectivity index (χ0) is 7.56. The Morgan fingerprint density at radius 2 is 1.90 bits per heavy atom. The molecule has 1 heteroatoms. The van der Waals surface area contributed by atoms with Crippen LogP contribution in [0.5, 0.6) is 0 Å². The highest BCUT2D eigenvalue weighted by atomic mass is 32.1. The predicted octanol–water partition coefficient (Wildman–Crippen LogP) is 3.20. The average molecular weight is 156 g/mol. The molecule has 1 aliphatic rings. The standard InChI is InChI=1S/C9H16S/c1-7(8(2)10)9-5-3-4-6-9/h7,9H,3-6H2,1-2H3. The molecule has 1 fully saturated rings. The van der Waals surface area contributed by atoms with Gasteiger partial charge in [-0.2, -0.15) is 0 Å². The van der Waals surface area contributed by atoms with E-state index in [1.165, 1.54) is 30.5 Å². The van der Waals surface area contributed by atoms with E-state index in [0.29, 0.717) is 5.92 Å². The van der Waals surface area contributed by atoms with Crippen molar-refractivity contribution in [3.05, 3.63) is 0 Å². The third kappa shape index (κ3) is 1.79. The Labute approximate surface area is 69.0 Å². The van der Waals surface area contributed by atoms with Gasteiger partial charge in [0, 0.05) is 0 Å². The van der Waals surface area contributed by atoms with Gasteiger partial charge < -0.3 is 0 Å². The van der Waals surface area contributed by atoms with Gasteiger partial charge in [0.2, 0.25) is 0 Å². The van der Waals surface area contributed by atoms with Gasteiger partial charge in [-0.1, -0.05) is 32.0 Å². The Morgan fingerprint density at radius 1 is 1.40 bits per heavy atom. The Balaban J connectivity index is 2.39. The molecule has 10 heavy (non-hydrogen) atoms. The molecule has 1 atom stereocenters. The largest absolute Gasteiger partial charge is 0.0897 e. The lowest BCUT2D eigenvalue weighted by Gasteiger charge is -2.16. The van der Waals surface area contributed by atoms with Gasteiger partial charge in [-0.15, -0.1) is 0 Å². The summed E-state index contributed by atoms with van der Waals surface area (Å²) < 4.78 is 0. The minimum absolute atomic E-state index is 0.692. The Bertz CT molecular complexity index is 123. The molecule has 0 N–H and O–H groups in total. The first-order valence-corrected chi connectivity index (χ1v) is 4.63. The van der Waals surface area contributed by atoms with Crippen LogP contribution in [0.4, 0.5) is 0 Å². The summed E-state index contributed by atoms with van der Waals surface area (Å²) in [6.45, 7) is 4.36. The second-order valence-corrected chi connectivity index (χ2v) is 4.09. The zero-order valence-corrected chi connectivity index (χ0v) is 7.71. The van der Waals surface area contributed by atoms with Gasteiger partial charge in [0.05, 0.1) is 0 Å². The minimum atomic E-state index is 0.692. The van der Waals surface area contributed by atoms with Gasteiger partial charge in [-0.05, 0) is 36.5 Å². The first-order chi connectivity index (χ1) is 4.72. The monoisotopic (exact) mass is 156 g/mol. The molecule has 0 amide bonds. The lowest BCUT2D eigenvalue weighted by atomic mass is 9.90. The van der Waals surface area contributed by atoms with Crippen molar-refractivity contribution in [3.8, 4) is 0 Å². The number of thiocarbonyl (C=S) groups is 1. The van der Waals surface area contributed by atoms with Crippen LogP contribution in [0.3, 0.4) is 0 Å². The summed E-state index contributed by atoms with van der Waals surface area (Å²) in [5.74, 6) is 1.61. The first-order valence-electron chi connectivity index (χ1n) is 4.22. The van der Waals surface area contributed by atoms with Crippen LogP contribution in [0.15, 0.2) is 0 Å². The summed E-state index contributed by atoms with van der Waals surface area (Å²) in [5, 5.41) is 0. The molecule has 0 nitrogen and oxygen atoms in total. The summed E-state index contributed by atoms with van der Waals surface area (Å²) in [4.78, 5) is 1.20. The highest BCUT2D eigenvalue weighted by Crippen LogP contribution is 2.31. The van der Waals surface area contributed by atoms with Crippen LogP contribution in [0.25, 0.3) is 0 Å². The second-order valence-electron chi connectivity index (χ2n) is 3.44. The van der Waals surface area contributed by atoms with Crippen molar-refractivity contribution >= 4 is 17.1 Å². The molecule has 0 heterocycles. The number of hydrogen-bond acceptors (Lipinski definition) is 1. The van der Waals surface area contributed by atoms with E-state index in [-0.39, 0.29) is 0 Å². The molecule has 1 rings (SSSR count). The van der Waals surface area contributed by atoms with Crippen molar-refractivity contribution in [3.63, 3.8) is 0 Å². The van der Waals surface area contributed by atoms with Gasteiger partial charge in [-0.25, -0.2) is 0 Å². The fourth-order valence-corrected chi connectivity index (χ4v) is 1.98. The van der Waals surface area contributed by atoms with Crippen LogP contribution < -0.4 is 0 Å². The SMILES string of the molecule is CC(=S)C(C)C1CCCC1. The van der Waals surface area contributed by atoms with Gasteiger partial charge in [-0.3, -0.25) is 0 Å². The number of rotatable bonds is 2. The molecule has 0 aromatic heterocycles. The molecule has 0 aromatic carbocycles. The molecule has 0 bridgehead atoms. The van der Waals surface area contributed by atoms with Crippen LogP contribution in [0.1, 0.15) is 39.5 Å². The van der Waals surface area contributed by atoms with E-state index in [0.717, 1.165) is 5.92 Å². The smallest absolute Gasteiger partial charge is 0.00716 e. The van der Waals surface area contributed by atoms with Crippen molar-refractivity contribution in [2.45, 2.75) is 39.5 Å². The average Bonchev–Trinajstić information content (AvgIpc) is 2.36. The Morgan fingerprint density at radius 3 is 2.30 bits per heavy atom. The van der Waals surface area contributed by atoms with Crippen LogP contribution in [-0.4, -0.2) is 4.86 Å². The van der Waals surface area contributed by atoms with Crippen molar-refractivity contribution in [2.75, 3.05) is 0 Å². The Hall–Kier alpha value is 0.0900. The van der Waals surface area contributed by atoms with Gasteiger partial charge >= 0.3 is 0 Å². The summed E-state index contributed by atoms with van der Waals surface area (Å²) in [6, 6.07) is 0. The quantitative estimate of drug-likeness (QED) is 0.553. The molecular formula is C9H16S. The molecule has 0 spiro atoms. The van der Waals surface area contributed by atoms with Gasteiger partial charge in [0.25, 0.3) is 0 Å². The van der Waals surface area contributed by atoms with Crippen molar-refractivity contribution < 1.29 is 0 Å². The van der Waals surface area contributed by atoms with Crippen LogP contribution in [0, 0.1) is 11.8 Å². The molecule has 1 saturated carbocycles. The second kappa shape index (κ2) is 3.47. The summed E-state index contributed by atoms with van der Waals surface area (Å²) >= 11 is 5.15. The van der Waals surface area contributed by atoms with E-state index >= 15 is 0 Å². The van der Waals surface area contributed by atoms with E-state index in [2.05, 4.69) is 13.8 Å². The van der Waals surface area contributed by atoms with Crippen molar-refractivity contribution in [1.29, 1.82) is 0 Å². The predicted molar refractivity (Wildman–Crippen MR) is 49.4 cm³/mol. The molecule has 1 aliphatic carbocycles. The Kier molecular flexibility index (Phi) is 2.84. The van der Waals surface area contributed by atoms with Gasteiger partial charge in [0.1, 0.15) is 0 Å². The maximum absolute atomic E-state index is 5.15. The summed E-state index contributed by atoms with van der Waals surface area (Å²) in [7, 11) is 0. The first kappa shape index (κ1) is 8.19. The molecule has 0 aliphatic heterocycles. The molecule has 0 aromatic rings. The highest BCUT2D eigenvalue weighted by Gasteiger charge is 2.21. The molecule has 58 valence electrons. The molecule has 1 unspecified atom stereocenters. The van der Waals surface area contributed by atoms with Crippen molar-refractivity contribution in [2.24, 2.45) is 11.8 Å². The third-order valence-electron chi connectivity index (χ3n) is 2.75. The fraction of sp³-hybridized carbons (Fsp3) is 0.889. The normalized spacial score (nSPS) is 23.0. The molecule has 0 radical (unpaired) electrons. The van der Waals surface area contributed by atoms with Crippen LogP contribution in [0.2, 0.25) is 0 Å². The lowest BCUT2D eigenvalue weighted by Crippen LogP contribution is -2.13. The molecular weight excluding hydrogens is 140 g/mol.